The molecule has 134 valence electrons. The quantitative estimate of drug-likeness (QED) is 0.680. The molecular formula is C20H20N2O3S. The zero-order chi connectivity index (χ0) is 18.7. The first-order valence-corrected chi connectivity index (χ1v) is 9.70. The maximum Gasteiger partial charge on any atom is 0.257 e. The number of hydrogen-bond acceptors (Lipinski definition) is 3. The van der Waals surface area contributed by atoms with E-state index in [0.29, 0.717) is 0 Å². The molecule has 0 radical (unpaired) electrons. The van der Waals surface area contributed by atoms with Crippen LogP contribution in [0.25, 0.3) is 10.8 Å². The lowest BCUT2D eigenvalue weighted by Crippen LogP contribution is -2.42. The van der Waals surface area contributed by atoms with E-state index < -0.39 is 15.9 Å². The van der Waals surface area contributed by atoms with Gasteiger partial charge in [0.25, 0.3) is 10.0 Å². The monoisotopic (exact) mass is 368 g/mol. The van der Waals surface area contributed by atoms with Crippen molar-refractivity contribution in [2.45, 2.75) is 25.2 Å². The lowest BCUT2D eigenvalue weighted by molar-refractivity contribution is -0.120. The van der Waals surface area contributed by atoms with E-state index in [9.17, 15) is 13.2 Å². The Kier molecular flexibility index (Phi) is 5.06. The predicted molar refractivity (Wildman–Crippen MR) is 102 cm³/mol. The van der Waals surface area contributed by atoms with Crippen LogP contribution in [-0.2, 0) is 21.2 Å². The largest absolute Gasteiger partial charge is 0.277 e. The number of fused-ring (bicyclic) bond motifs is 1. The van der Waals surface area contributed by atoms with Crippen molar-refractivity contribution in [3.8, 4) is 0 Å². The molecule has 0 unspecified atom stereocenters. The average Bonchev–Trinajstić information content (AvgIpc) is 2.63. The zero-order valence-corrected chi connectivity index (χ0v) is 15.4. The molecule has 0 heterocycles. The number of benzene rings is 3. The molecule has 0 saturated carbocycles. The van der Waals surface area contributed by atoms with Crippen LogP contribution >= 0.6 is 0 Å². The van der Waals surface area contributed by atoms with Gasteiger partial charge in [0.2, 0.25) is 5.91 Å². The van der Waals surface area contributed by atoms with Crippen molar-refractivity contribution in [3.05, 3.63) is 77.4 Å². The van der Waals surface area contributed by atoms with Gasteiger partial charge in [0.05, 0.1) is 11.3 Å². The number of hydrogen-bond donors (Lipinski definition) is 2. The zero-order valence-electron chi connectivity index (χ0n) is 14.6. The summed E-state index contributed by atoms with van der Waals surface area (Å²) in [5.74, 6) is -0.422. The second-order valence-corrected chi connectivity index (χ2v) is 7.90. The summed E-state index contributed by atoms with van der Waals surface area (Å²) in [5.41, 5.74) is 5.00. The van der Waals surface area contributed by atoms with E-state index in [4.69, 9.17) is 0 Å². The Labute approximate surface area is 153 Å². The first kappa shape index (κ1) is 18.1. The normalized spacial score (nSPS) is 11.5. The fourth-order valence-electron chi connectivity index (χ4n) is 2.73. The standard InChI is InChI=1S/C20H20N2O3S/c1-14-10-11-18(12-15(14)2)26(24,25)22-21-20(23)13-17-8-5-7-16-6-3-4-9-19(16)17/h3-12,22H,13H2,1-2H3,(H,21,23). The molecule has 26 heavy (non-hydrogen) atoms. The Balaban J connectivity index is 1.71. The highest BCUT2D eigenvalue weighted by molar-refractivity contribution is 7.89. The number of rotatable bonds is 5. The Morgan fingerprint density at radius 3 is 2.42 bits per heavy atom. The Bertz CT molecular complexity index is 1070. The lowest BCUT2D eigenvalue weighted by Gasteiger charge is -2.11. The molecule has 0 aliphatic heterocycles. The van der Waals surface area contributed by atoms with Crippen molar-refractivity contribution in [2.75, 3.05) is 0 Å². The van der Waals surface area contributed by atoms with Crippen LogP contribution in [0.2, 0.25) is 0 Å². The molecule has 6 heteroatoms. The Hall–Kier alpha value is -2.70. The Morgan fingerprint density at radius 1 is 0.923 bits per heavy atom. The molecule has 3 aromatic rings. The molecule has 0 aliphatic carbocycles. The predicted octanol–water partition coefficient (Wildman–Crippen LogP) is 3.01. The van der Waals surface area contributed by atoms with Crippen LogP contribution in [-0.4, -0.2) is 14.3 Å². The molecule has 2 N–H and O–H groups in total. The van der Waals surface area contributed by atoms with Crippen molar-refractivity contribution in [1.29, 1.82) is 0 Å². The minimum absolute atomic E-state index is 0.0802. The summed E-state index contributed by atoms with van der Waals surface area (Å²) in [6, 6.07) is 18.3. The van der Waals surface area contributed by atoms with Crippen LogP contribution in [0.15, 0.2) is 65.6 Å². The molecule has 1 amide bonds. The summed E-state index contributed by atoms with van der Waals surface area (Å²) in [6.45, 7) is 3.75. The first-order chi connectivity index (χ1) is 12.4. The van der Waals surface area contributed by atoms with E-state index in [1.54, 1.807) is 12.1 Å². The van der Waals surface area contributed by atoms with Crippen LogP contribution in [0.3, 0.4) is 0 Å². The van der Waals surface area contributed by atoms with Crippen molar-refractivity contribution < 1.29 is 13.2 Å². The van der Waals surface area contributed by atoms with Gasteiger partial charge in [-0.25, -0.2) is 8.42 Å². The minimum Gasteiger partial charge on any atom is -0.277 e. The third-order valence-corrected chi connectivity index (χ3v) is 5.59. The number of carbonyl (C=O) groups is 1. The molecule has 0 bridgehead atoms. The lowest BCUT2D eigenvalue weighted by atomic mass is 10.0. The van der Waals surface area contributed by atoms with E-state index in [2.05, 4.69) is 10.3 Å². The van der Waals surface area contributed by atoms with Gasteiger partial charge in [0, 0.05) is 0 Å². The molecule has 0 atom stereocenters. The second-order valence-electron chi connectivity index (χ2n) is 6.21. The summed E-state index contributed by atoms with van der Waals surface area (Å²) in [4.78, 5) is 14.5. The highest BCUT2D eigenvalue weighted by Gasteiger charge is 2.16. The molecule has 0 saturated heterocycles. The van der Waals surface area contributed by atoms with Crippen molar-refractivity contribution in [3.63, 3.8) is 0 Å². The molecule has 3 rings (SSSR count). The number of hydrazine groups is 1. The highest BCUT2D eigenvalue weighted by Crippen LogP contribution is 2.19. The average molecular weight is 368 g/mol. The molecule has 0 fully saturated rings. The van der Waals surface area contributed by atoms with Gasteiger partial charge in [0.15, 0.2) is 0 Å². The van der Waals surface area contributed by atoms with Crippen LogP contribution in [0, 0.1) is 13.8 Å². The van der Waals surface area contributed by atoms with Gasteiger partial charge in [-0.15, -0.1) is 4.83 Å². The van der Waals surface area contributed by atoms with E-state index in [1.165, 1.54) is 6.07 Å². The topological polar surface area (TPSA) is 75.3 Å². The van der Waals surface area contributed by atoms with Gasteiger partial charge >= 0.3 is 0 Å². The van der Waals surface area contributed by atoms with Gasteiger partial charge in [-0.05, 0) is 53.4 Å². The summed E-state index contributed by atoms with van der Waals surface area (Å²) < 4.78 is 24.7. The fraction of sp³-hybridized carbons (Fsp3) is 0.150. The number of amides is 1. The van der Waals surface area contributed by atoms with Crippen molar-refractivity contribution in [2.24, 2.45) is 0 Å². The first-order valence-electron chi connectivity index (χ1n) is 8.21. The fourth-order valence-corrected chi connectivity index (χ4v) is 3.67. The third kappa shape index (κ3) is 3.92. The number of nitrogens with one attached hydrogen (secondary N) is 2. The van der Waals surface area contributed by atoms with E-state index >= 15 is 0 Å². The number of carbonyl (C=O) groups excluding carboxylic acids is 1. The second kappa shape index (κ2) is 7.27. The maximum atomic E-state index is 12.3. The van der Waals surface area contributed by atoms with Gasteiger partial charge < -0.3 is 0 Å². The van der Waals surface area contributed by atoms with E-state index in [-0.39, 0.29) is 11.3 Å². The number of aryl methyl sites for hydroxylation is 2. The Morgan fingerprint density at radius 2 is 1.65 bits per heavy atom. The smallest absolute Gasteiger partial charge is 0.257 e. The summed E-state index contributed by atoms with van der Waals surface area (Å²) in [5, 5.41) is 2.01. The minimum atomic E-state index is -3.81. The molecule has 3 aromatic carbocycles. The summed E-state index contributed by atoms with van der Waals surface area (Å²) >= 11 is 0. The third-order valence-electron chi connectivity index (χ3n) is 4.34. The van der Waals surface area contributed by atoms with Crippen molar-refractivity contribution in [1.82, 2.24) is 10.3 Å². The van der Waals surface area contributed by atoms with Crippen LogP contribution in [0.5, 0.6) is 0 Å². The highest BCUT2D eigenvalue weighted by atomic mass is 32.2. The van der Waals surface area contributed by atoms with E-state index in [0.717, 1.165) is 27.5 Å². The molecule has 0 aliphatic rings. The number of sulfonamides is 1. The van der Waals surface area contributed by atoms with Crippen LogP contribution in [0.1, 0.15) is 16.7 Å². The van der Waals surface area contributed by atoms with Crippen molar-refractivity contribution >= 4 is 26.7 Å². The summed E-state index contributed by atoms with van der Waals surface area (Å²) in [6.07, 6.45) is 0.0802. The molecule has 5 nitrogen and oxygen atoms in total. The van der Waals surface area contributed by atoms with Crippen LogP contribution in [0.4, 0.5) is 0 Å². The van der Waals surface area contributed by atoms with Gasteiger partial charge in [-0.3, -0.25) is 10.2 Å². The molecular weight excluding hydrogens is 348 g/mol. The molecule has 0 aromatic heterocycles. The maximum absolute atomic E-state index is 12.3. The summed E-state index contributed by atoms with van der Waals surface area (Å²) in [7, 11) is -3.81. The van der Waals surface area contributed by atoms with E-state index in [1.807, 2.05) is 56.3 Å². The van der Waals surface area contributed by atoms with Gasteiger partial charge in [0.1, 0.15) is 0 Å². The van der Waals surface area contributed by atoms with Crippen LogP contribution < -0.4 is 10.3 Å². The molecule has 0 spiro atoms. The van der Waals surface area contributed by atoms with Gasteiger partial charge in [-0.1, -0.05) is 48.5 Å². The van der Waals surface area contributed by atoms with Gasteiger partial charge in [-0.2, -0.15) is 0 Å². The SMILES string of the molecule is Cc1ccc(S(=O)(=O)NNC(=O)Cc2cccc3ccccc23)cc1C.